The molecule has 0 atom stereocenters. The second kappa shape index (κ2) is 9.65. The first-order valence-electron chi connectivity index (χ1n) is 12.9. The van der Waals surface area contributed by atoms with Gasteiger partial charge < -0.3 is 10.6 Å². The van der Waals surface area contributed by atoms with Crippen molar-refractivity contribution < 1.29 is 4.79 Å². The highest BCUT2D eigenvalue weighted by atomic mass is 16.1. The molecule has 3 aromatic heterocycles. The first kappa shape index (κ1) is 23.2. The molecule has 1 amide bonds. The Hall–Kier alpha value is -4.26. The second-order valence-corrected chi connectivity index (χ2v) is 9.70. The normalized spacial score (nSPS) is 17.7. The number of hydrogen-bond acceptors (Lipinski definition) is 5. The fourth-order valence-corrected chi connectivity index (χ4v) is 5.59. The number of aromatic nitrogens is 4. The van der Waals surface area contributed by atoms with E-state index in [0.29, 0.717) is 0 Å². The van der Waals surface area contributed by atoms with Crippen LogP contribution < -0.4 is 10.6 Å². The van der Waals surface area contributed by atoms with Gasteiger partial charge in [0.05, 0.1) is 11.2 Å². The Morgan fingerprint density at radius 2 is 1.70 bits per heavy atom. The van der Waals surface area contributed by atoms with Crippen LogP contribution in [0.4, 0.5) is 5.82 Å². The highest BCUT2D eigenvalue weighted by Crippen LogP contribution is 2.39. The van der Waals surface area contributed by atoms with Gasteiger partial charge in [0.25, 0.3) is 0 Å². The molecule has 0 bridgehead atoms. The molecule has 3 heterocycles. The Balaban J connectivity index is 1.44. The third-order valence-electron chi connectivity index (χ3n) is 7.56. The van der Waals surface area contributed by atoms with Crippen molar-refractivity contribution in [3.8, 4) is 22.5 Å². The van der Waals surface area contributed by atoms with Crippen LogP contribution in [0.15, 0.2) is 73.1 Å². The lowest BCUT2D eigenvalue weighted by atomic mass is 9.81. The van der Waals surface area contributed by atoms with Gasteiger partial charge in [0.1, 0.15) is 17.0 Å². The molecular weight excluding hydrogens is 460 g/mol. The number of imidazole rings is 1. The van der Waals surface area contributed by atoms with Crippen molar-refractivity contribution in [1.29, 1.82) is 0 Å². The van der Waals surface area contributed by atoms with Gasteiger partial charge in [0.15, 0.2) is 5.82 Å². The SMILES string of the molecule is CNC(=O)C1CCC(c2nc(-c3ccc4ccc(-c5ccccc5)nc4c3)c3c(NC)nccn23)CC1. The molecule has 0 saturated heterocycles. The monoisotopic (exact) mass is 490 g/mol. The number of carbonyl (C=O) groups is 1. The number of carbonyl (C=O) groups excluding carboxylic acids is 1. The summed E-state index contributed by atoms with van der Waals surface area (Å²) in [6.45, 7) is 0. The summed E-state index contributed by atoms with van der Waals surface area (Å²) in [5.41, 5.74) is 5.85. The Kier molecular flexibility index (Phi) is 6.04. The summed E-state index contributed by atoms with van der Waals surface area (Å²) in [6.07, 6.45) is 7.44. The van der Waals surface area contributed by atoms with Crippen LogP contribution in [0.2, 0.25) is 0 Å². The minimum absolute atomic E-state index is 0.0897. The van der Waals surface area contributed by atoms with Crippen LogP contribution in [0.3, 0.4) is 0 Å². The molecule has 0 aliphatic heterocycles. The van der Waals surface area contributed by atoms with Crippen molar-refractivity contribution in [3.05, 3.63) is 78.9 Å². The number of anilines is 1. The highest BCUT2D eigenvalue weighted by Gasteiger charge is 2.30. The van der Waals surface area contributed by atoms with E-state index in [1.807, 2.05) is 37.6 Å². The molecule has 0 spiro atoms. The van der Waals surface area contributed by atoms with E-state index in [0.717, 1.165) is 76.3 Å². The van der Waals surface area contributed by atoms with Gasteiger partial charge in [-0.1, -0.05) is 48.5 Å². The number of nitrogens with zero attached hydrogens (tertiary/aromatic N) is 4. The number of hydrogen-bond donors (Lipinski definition) is 2. The molecule has 1 aliphatic rings. The van der Waals surface area contributed by atoms with Crippen molar-refractivity contribution in [2.45, 2.75) is 31.6 Å². The third kappa shape index (κ3) is 4.20. The molecule has 6 rings (SSSR count). The van der Waals surface area contributed by atoms with Crippen LogP contribution >= 0.6 is 0 Å². The van der Waals surface area contributed by atoms with E-state index in [2.05, 4.69) is 62.5 Å². The number of fused-ring (bicyclic) bond motifs is 2. The number of amides is 1. The fourth-order valence-electron chi connectivity index (χ4n) is 5.59. The maximum absolute atomic E-state index is 12.2. The summed E-state index contributed by atoms with van der Waals surface area (Å²) < 4.78 is 2.18. The zero-order valence-corrected chi connectivity index (χ0v) is 21.1. The Labute approximate surface area is 216 Å². The lowest BCUT2D eigenvalue weighted by Crippen LogP contribution is -2.30. The summed E-state index contributed by atoms with van der Waals surface area (Å²) in [6, 6.07) is 20.8. The minimum atomic E-state index is 0.0897. The molecule has 0 radical (unpaired) electrons. The average Bonchev–Trinajstić information content (AvgIpc) is 3.36. The summed E-state index contributed by atoms with van der Waals surface area (Å²) in [5, 5.41) is 7.15. The van der Waals surface area contributed by atoms with E-state index in [4.69, 9.17) is 9.97 Å². The molecule has 2 N–H and O–H groups in total. The van der Waals surface area contributed by atoms with Gasteiger partial charge in [0, 0.05) is 54.8 Å². The quantitative estimate of drug-likeness (QED) is 0.331. The maximum Gasteiger partial charge on any atom is 0.222 e. The summed E-state index contributed by atoms with van der Waals surface area (Å²) in [5.74, 6) is 2.35. The van der Waals surface area contributed by atoms with Crippen molar-refractivity contribution >= 4 is 28.1 Å². The lowest BCUT2D eigenvalue weighted by molar-refractivity contribution is -0.125. The molecule has 1 fully saturated rings. The summed E-state index contributed by atoms with van der Waals surface area (Å²) in [7, 11) is 3.61. The first-order chi connectivity index (χ1) is 18.2. The third-order valence-corrected chi connectivity index (χ3v) is 7.56. The number of rotatable bonds is 5. The Morgan fingerprint density at radius 3 is 2.46 bits per heavy atom. The smallest absolute Gasteiger partial charge is 0.222 e. The second-order valence-electron chi connectivity index (χ2n) is 9.70. The Bertz CT molecular complexity index is 1580. The molecule has 186 valence electrons. The molecule has 2 aromatic carbocycles. The number of nitrogens with one attached hydrogen (secondary N) is 2. The van der Waals surface area contributed by atoms with Crippen molar-refractivity contribution in [3.63, 3.8) is 0 Å². The minimum Gasteiger partial charge on any atom is -0.371 e. The molecule has 1 saturated carbocycles. The predicted octanol–water partition coefficient (Wildman–Crippen LogP) is 5.67. The van der Waals surface area contributed by atoms with Crippen LogP contribution in [0.1, 0.15) is 37.4 Å². The zero-order valence-electron chi connectivity index (χ0n) is 21.1. The van der Waals surface area contributed by atoms with Crippen LogP contribution in [0, 0.1) is 5.92 Å². The largest absolute Gasteiger partial charge is 0.371 e. The van der Waals surface area contributed by atoms with Gasteiger partial charge in [0.2, 0.25) is 5.91 Å². The standard InChI is InChI=1S/C30H30N6O/c1-31-28-27-26(23-13-8-20-14-15-24(34-25(20)18-23)19-6-4-3-5-7-19)35-29(36(27)17-16-33-28)21-9-11-22(12-10-21)30(37)32-2/h3-8,13-18,21-22H,9-12H2,1-2H3,(H,31,33)(H,32,37). The number of pyridine rings is 1. The van der Waals surface area contributed by atoms with E-state index in [9.17, 15) is 4.79 Å². The topological polar surface area (TPSA) is 84.2 Å². The van der Waals surface area contributed by atoms with E-state index < -0.39 is 0 Å². The maximum atomic E-state index is 12.2. The predicted molar refractivity (Wildman–Crippen MR) is 147 cm³/mol. The van der Waals surface area contributed by atoms with Crippen molar-refractivity contribution in [2.75, 3.05) is 19.4 Å². The van der Waals surface area contributed by atoms with Gasteiger partial charge in [-0.15, -0.1) is 0 Å². The van der Waals surface area contributed by atoms with Crippen LogP contribution in [0.5, 0.6) is 0 Å². The Morgan fingerprint density at radius 1 is 0.919 bits per heavy atom. The fraction of sp³-hybridized carbons (Fsp3) is 0.267. The van der Waals surface area contributed by atoms with E-state index in [-0.39, 0.29) is 17.7 Å². The van der Waals surface area contributed by atoms with E-state index >= 15 is 0 Å². The van der Waals surface area contributed by atoms with Gasteiger partial charge in [-0.25, -0.2) is 15.0 Å². The molecule has 1 aliphatic carbocycles. The van der Waals surface area contributed by atoms with Gasteiger partial charge >= 0.3 is 0 Å². The van der Waals surface area contributed by atoms with Crippen LogP contribution in [-0.2, 0) is 4.79 Å². The summed E-state index contributed by atoms with van der Waals surface area (Å²) >= 11 is 0. The van der Waals surface area contributed by atoms with Crippen LogP contribution in [0.25, 0.3) is 38.9 Å². The van der Waals surface area contributed by atoms with Crippen molar-refractivity contribution in [2.24, 2.45) is 5.92 Å². The summed E-state index contributed by atoms with van der Waals surface area (Å²) in [4.78, 5) is 27.0. The van der Waals surface area contributed by atoms with E-state index in [1.165, 1.54) is 0 Å². The van der Waals surface area contributed by atoms with Gasteiger partial charge in [-0.3, -0.25) is 9.20 Å². The number of benzene rings is 2. The molecular formula is C30H30N6O. The highest BCUT2D eigenvalue weighted by molar-refractivity contribution is 5.91. The zero-order chi connectivity index (χ0) is 25.4. The lowest BCUT2D eigenvalue weighted by Gasteiger charge is -2.26. The first-order valence-corrected chi connectivity index (χ1v) is 12.9. The average molecular weight is 491 g/mol. The molecule has 7 heteroatoms. The van der Waals surface area contributed by atoms with Crippen molar-refractivity contribution in [1.82, 2.24) is 24.7 Å². The van der Waals surface area contributed by atoms with Gasteiger partial charge in [-0.05, 0) is 37.8 Å². The molecule has 7 nitrogen and oxygen atoms in total. The molecule has 37 heavy (non-hydrogen) atoms. The van der Waals surface area contributed by atoms with Gasteiger partial charge in [-0.2, -0.15) is 0 Å². The molecule has 0 unspecified atom stereocenters. The van der Waals surface area contributed by atoms with Crippen LogP contribution in [-0.4, -0.2) is 39.4 Å². The van der Waals surface area contributed by atoms with E-state index in [1.54, 1.807) is 7.05 Å². The molecule has 5 aromatic rings.